The van der Waals surface area contributed by atoms with Crippen molar-refractivity contribution < 1.29 is 13.2 Å². The average Bonchev–Trinajstić information content (AvgIpc) is 2.13. The average molecular weight is 236 g/mol. The molecule has 0 aromatic heterocycles. The van der Waals surface area contributed by atoms with Gasteiger partial charge in [0.15, 0.2) is 0 Å². The summed E-state index contributed by atoms with van der Waals surface area (Å²) in [4.78, 5) is 0. The zero-order chi connectivity index (χ0) is 11.5. The number of hydrogen-bond donors (Lipinski definition) is 1. The minimum absolute atomic E-state index is 0.00630. The van der Waals surface area contributed by atoms with Gasteiger partial charge < -0.3 is 5.32 Å². The first-order valence-corrected chi connectivity index (χ1v) is 4.52. The zero-order valence-electron chi connectivity index (χ0n) is 7.74. The zero-order valence-corrected chi connectivity index (χ0v) is 8.49. The van der Waals surface area contributed by atoms with Crippen LogP contribution in [0.4, 0.5) is 18.9 Å². The maximum atomic E-state index is 12.5. The molecule has 1 rings (SSSR count). The molecule has 0 saturated carbocycles. The van der Waals surface area contributed by atoms with E-state index in [2.05, 4.69) is 11.9 Å². The van der Waals surface area contributed by atoms with Crippen LogP contribution in [0.1, 0.15) is 5.56 Å². The van der Waals surface area contributed by atoms with Crippen LogP contribution in [0.2, 0.25) is 0 Å². The quantitative estimate of drug-likeness (QED) is 0.839. The van der Waals surface area contributed by atoms with Crippen molar-refractivity contribution >= 4 is 17.3 Å². The Morgan fingerprint density at radius 3 is 2.47 bits per heavy atom. The van der Waals surface area contributed by atoms with Gasteiger partial charge in [-0.05, 0) is 12.1 Å². The third kappa shape index (κ3) is 3.47. The number of benzene rings is 1. The van der Waals surface area contributed by atoms with Gasteiger partial charge in [0, 0.05) is 10.7 Å². The predicted molar refractivity (Wildman–Crippen MR) is 54.9 cm³/mol. The molecule has 5 heteroatoms. The van der Waals surface area contributed by atoms with Gasteiger partial charge in [0.2, 0.25) is 0 Å². The maximum absolute atomic E-state index is 12.5. The molecule has 1 N–H and O–H groups in total. The molecule has 0 aliphatic rings. The van der Waals surface area contributed by atoms with E-state index in [-0.39, 0.29) is 17.3 Å². The fourth-order valence-corrected chi connectivity index (χ4v) is 1.14. The van der Waals surface area contributed by atoms with Gasteiger partial charge in [-0.3, -0.25) is 0 Å². The molecule has 0 spiro atoms. The molecule has 0 fully saturated rings. The molecular formula is C10H9ClF3N. The largest absolute Gasteiger partial charge is 0.418 e. The number of anilines is 1. The smallest absolute Gasteiger partial charge is 0.380 e. The second kappa shape index (κ2) is 4.57. The summed E-state index contributed by atoms with van der Waals surface area (Å²) in [5, 5.41) is 2.82. The van der Waals surface area contributed by atoms with Crippen molar-refractivity contribution in [3.05, 3.63) is 41.4 Å². The number of hydrogen-bond acceptors (Lipinski definition) is 1. The minimum Gasteiger partial charge on any atom is -0.380 e. The van der Waals surface area contributed by atoms with Gasteiger partial charge in [0.05, 0.1) is 12.1 Å². The molecule has 1 aromatic carbocycles. The van der Waals surface area contributed by atoms with E-state index in [9.17, 15) is 13.2 Å². The van der Waals surface area contributed by atoms with Crippen molar-refractivity contribution in [3.8, 4) is 0 Å². The Kier molecular flexibility index (Phi) is 3.63. The van der Waals surface area contributed by atoms with Crippen molar-refractivity contribution in [1.82, 2.24) is 0 Å². The first kappa shape index (κ1) is 11.9. The molecule has 1 nitrogen and oxygen atoms in total. The molecule has 0 unspecified atom stereocenters. The standard InChI is InChI=1S/C10H9ClF3N/c1-7(11)6-15-9-5-3-2-4-8(9)10(12,13)14/h2-5,15H,1,6H2. The molecule has 0 bridgehead atoms. The number of rotatable bonds is 3. The Morgan fingerprint density at radius 1 is 1.33 bits per heavy atom. The fraction of sp³-hybridized carbons (Fsp3) is 0.200. The van der Waals surface area contributed by atoms with Gasteiger partial charge in [0.25, 0.3) is 0 Å². The Bertz CT molecular complexity index is 360. The van der Waals surface area contributed by atoms with Crippen LogP contribution in [0.5, 0.6) is 0 Å². The lowest BCUT2D eigenvalue weighted by atomic mass is 10.1. The lowest BCUT2D eigenvalue weighted by molar-refractivity contribution is -0.136. The van der Waals surface area contributed by atoms with Crippen molar-refractivity contribution in [2.75, 3.05) is 11.9 Å². The number of para-hydroxylation sites is 1. The second-order valence-corrected chi connectivity index (χ2v) is 3.45. The lowest BCUT2D eigenvalue weighted by Crippen LogP contribution is -2.11. The second-order valence-electron chi connectivity index (χ2n) is 2.91. The number of alkyl halides is 3. The number of halogens is 4. The van der Waals surface area contributed by atoms with Gasteiger partial charge in [-0.25, -0.2) is 0 Å². The summed E-state index contributed by atoms with van der Waals surface area (Å²) < 4.78 is 37.4. The molecule has 0 aliphatic carbocycles. The van der Waals surface area contributed by atoms with E-state index < -0.39 is 11.7 Å². The summed E-state index contributed by atoms with van der Waals surface area (Å²) in [7, 11) is 0. The van der Waals surface area contributed by atoms with Gasteiger partial charge in [-0.1, -0.05) is 30.3 Å². The van der Waals surface area contributed by atoms with E-state index in [4.69, 9.17) is 11.6 Å². The van der Waals surface area contributed by atoms with Crippen LogP contribution in [0.25, 0.3) is 0 Å². The molecule has 1 aromatic rings. The highest BCUT2D eigenvalue weighted by molar-refractivity contribution is 6.29. The van der Waals surface area contributed by atoms with Crippen LogP contribution < -0.4 is 5.32 Å². The third-order valence-corrected chi connectivity index (χ3v) is 1.84. The first-order valence-electron chi connectivity index (χ1n) is 4.14. The van der Waals surface area contributed by atoms with E-state index in [0.717, 1.165) is 6.07 Å². The van der Waals surface area contributed by atoms with E-state index in [1.54, 1.807) is 0 Å². The Balaban J connectivity index is 2.92. The summed E-state index contributed by atoms with van der Waals surface area (Å²) in [6.45, 7) is 3.49. The van der Waals surface area contributed by atoms with Crippen LogP contribution in [-0.2, 0) is 6.18 Å². The molecule has 0 saturated heterocycles. The SMILES string of the molecule is C=C(Cl)CNc1ccccc1C(F)(F)F. The van der Waals surface area contributed by atoms with Crippen LogP contribution in [0.15, 0.2) is 35.9 Å². The third-order valence-electron chi connectivity index (χ3n) is 1.70. The van der Waals surface area contributed by atoms with E-state index in [1.165, 1.54) is 18.2 Å². The van der Waals surface area contributed by atoms with Crippen LogP contribution in [0, 0.1) is 0 Å². The molecule has 0 atom stereocenters. The topological polar surface area (TPSA) is 12.0 Å². The number of nitrogens with one attached hydrogen (secondary N) is 1. The first-order chi connectivity index (χ1) is 6.91. The fourth-order valence-electron chi connectivity index (χ4n) is 1.08. The van der Waals surface area contributed by atoms with E-state index in [1.807, 2.05) is 0 Å². The summed E-state index contributed by atoms with van der Waals surface area (Å²) in [6, 6.07) is 5.22. The highest BCUT2D eigenvalue weighted by atomic mass is 35.5. The molecule has 0 heterocycles. The van der Waals surface area contributed by atoms with E-state index in [0.29, 0.717) is 0 Å². The highest BCUT2D eigenvalue weighted by Gasteiger charge is 2.32. The molecule has 15 heavy (non-hydrogen) atoms. The Morgan fingerprint density at radius 2 is 1.93 bits per heavy atom. The normalized spacial score (nSPS) is 11.2. The van der Waals surface area contributed by atoms with Crippen LogP contribution >= 0.6 is 11.6 Å². The molecule has 0 amide bonds. The van der Waals surface area contributed by atoms with Gasteiger partial charge >= 0.3 is 6.18 Å². The Hall–Kier alpha value is -1.16. The summed E-state index contributed by atoms with van der Waals surface area (Å²) in [5.74, 6) is 0. The van der Waals surface area contributed by atoms with Gasteiger partial charge in [0.1, 0.15) is 0 Å². The maximum Gasteiger partial charge on any atom is 0.418 e. The predicted octanol–water partition coefficient (Wildman–Crippen LogP) is 3.87. The lowest BCUT2D eigenvalue weighted by Gasteiger charge is -2.13. The molecule has 0 aliphatic heterocycles. The monoisotopic (exact) mass is 235 g/mol. The van der Waals surface area contributed by atoms with Crippen molar-refractivity contribution in [2.24, 2.45) is 0 Å². The Labute approximate surface area is 90.6 Å². The molecule has 0 radical (unpaired) electrons. The van der Waals surface area contributed by atoms with Crippen LogP contribution in [0.3, 0.4) is 0 Å². The van der Waals surface area contributed by atoms with E-state index >= 15 is 0 Å². The van der Waals surface area contributed by atoms with Crippen LogP contribution in [-0.4, -0.2) is 6.54 Å². The van der Waals surface area contributed by atoms with Gasteiger partial charge in [-0.2, -0.15) is 13.2 Å². The molecule has 82 valence electrons. The molecular weight excluding hydrogens is 227 g/mol. The summed E-state index contributed by atoms with van der Waals surface area (Å²) >= 11 is 5.46. The van der Waals surface area contributed by atoms with Crippen molar-refractivity contribution in [1.29, 1.82) is 0 Å². The van der Waals surface area contributed by atoms with Crippen molar-refractivity contribution in [2.45, 2.75) is 6.18 Å². The highest BCUT2D eigenvalue weighted by Crippen LogP contribution is 2.34. The van der Waals surface area contributed by atoms with Gasteiger partial charge in [-0.15, -0.1) is 0 Å². The summed E-state index contributed by atoms with van der Waals surface area (Å²) in [6.07, 6.45) is -4.36. The minimum atomic E-state index is -4.36. The van der Waals surface area contributed by atoms with Crippen molar-refractivity contribution in [3.63, 3.8) is 0 Å². The summed E-state index contributed by atoms with van der Waals surface area (Å²) in [5.41, 5.74) is -0.699.